The average molecular weight is 246 g/mol. The summed E-state index contributed by atoms with van der Waals surface area (Å²) < 4.78 is 7.05. The lowest BCUT2D eigenvalue weighted by Gasteiger charge is -2.07. The van der Waals surface area contributed by atoms with Crippen LogP contribution in [0.25, 0.3) is 0 Å². The van der Waals surface area contributed by atoms with Crippen molar-refractivity contribution in [3.05, 3.63) is 55.2 Å². The molecular weight excluding hydrogens is 228 g/mol. The molecule has 0 amide bonds. The second kappa shape index (κ2) is 6.59. The summed E-state index contributed by atoms with van der Waals surface area (Å²) in [5, 5.41) is 0. The lowest BCUT2D eigenvalue weighted by atomic mass is 10.2. The Morgan fingerprint density at radius 3 is 2.78 bits per heavy atom. The van der Waals surface area contributed by atoms with Crippen LogP contribution >= 0.6 is 0 Å². The van der Waals surface area contributed by atoms with Crippen LogP contribution in [0.15, 0.2) is 43.8 Å². The number of imidazole rings is 1. The Hall–Kier alpha value is -2.10. The topological polar surface area (TPSA) is 44.1 Å². The normalized spacial score (nSPS) is 9.83. The van der Waals surface area contributed by atoms with Crippen molar-refractivity contribution in [3.63, 3.8) is 0 Å². The minimum Gasteiger partial charge on any atom is -0.456 e. The Labute approximate surface area is 107 Å². The van der Waals surface area contributed by atoms with E-state index in [1.54, 1.807) is 25.4 Å². The molecule has 96 valence electrons. The number of aromatic nitrogens is 2. The first-order valence-electron chi connectivity index (χ1n) is 5.67. The van der Waals surface area contributed by atoms with Gasteiger partial charge in [-0.15, -0.1) is 13.2 Å². The quantitative estimate of drug-likeness (QED) is 0.421. The van der Waals surface area contributed by atoms with Gasteiger partial charge in [0.25, 0.3) is 0 Å². The summed E-state index contributed by atoms with van der Waals surface area (Å²) in [6.07, 6.45) is 5.97. The molecule has 0 aliphatic carbocycles. The number of hydrogen-bond donors (Lipinski definition) is 0. The van der Waals surface area contributed by atoms with Gasteiger partial charge in [-0.1, -0.05) is 18.7 Å². The van der Waals surface area contributed by atoms with Crippen molar-refractivity contribution in [2.45, 2.75) is 26.5 Å². The SMILES string of the molecule is C=CCc1c(COC(=O)C(=C)C)ncn1CC=C. The maximum Gasteiger partial charge on any atom is 0.333 e. The first-order chi connectivity index (χ1) is 8.60. The summed E-state index contributed by atoms with van der Waals surface area (Å²) in [5.74, 6) is -0.405. The van der Waals surface area contributed by atoms with Crippen LogP contribution < -0.4 is 0 Å². The molecule has 4 heteroatoms. The van der Waals surface area contributed by atoms with Crippen LogP contribution in [0.5, 0.6) is 0 Å². The maximum absolute atomic E-state index is 11.3. The van der Waals surface area contributed by atoms with Gasteiger partial charge in [-0.25, -0.2) is 9.78 Å². The summed E-state index contributed by atoms with van der Waals surface area (Å²) in [6, 6.07) is 0. The molecule has 18 heavy (non-hydrogen) atoms. The molecule has 0 unspecified atom stereocenters. The largest absolute Gasteiger partial charge is 0.456 e. The molecule has 0 bridgehead atoms. The van der Waals surface area contributed by atoms with Crippen molar-refractivity contribution >= 4 is 5.97 Å². The fraction of sp³-hybridized carbons (Fsp3) is 0.286. The van der Waals surface area contributed by atoms with Crippen LogP contribution in [0.4, 0.5) is 0 Å². The Kier molecular flexibility index (Phi) is 5.11. The lowest BCUT2D eigenvalue weighted by Crippen LogP contribution is -2.08. The van der Waals surface area contributed by atoms with E-state index in [9.17, 15) is 4.79 Å². The molecule has 1 heterocycles. The molecule has 0 aromatic carbocycles. The standard InChI is InChI=1S/C14H18N2O2/c1-5-7-13-12(9-18-14(17)11(3)4)15-10-16(13)8-6-2/h5-6,10H,1-3,7-9H2,4H3. The van der Waals surface area contributed by atoms with Crippen molar-refractivity contribution in [3.8, 4) is 0 Å². The zero-order chi connectivity index (χ0) is 13.5. The zero-order valence-electron chi connectivity index (χ0n) is 10.7. The van der Waals surface area contributed by atoms with Gasteiger partial charge in [-0.05, 0) is 6.92 Å². The van der Waals surface area contributed by atoms with Crippen LogP contribution in [0.1, 0.15) is 18.3 Å². The zero-order valence-corrected chi connectivity index (χ0v) is 10.7. The minimum absolute atomic E-state index is 0.152. The van der Waals surface area contributed by atoms with Crippen molar-refractivity contribution in [1.29, 1.82) is 0 Å². The first-order valence-corrected chi connectivity index (χ1v) is 5.67. The van der Waals surface area contributed by atoms with Crippen LogP contribution in [0.3, 0.4) is 0 Å². The van der Waals surface area contributed by atoms with Crippen molar-refractivity contribution in [1.82, 2.24) is 9.55 Å². The monoisotopic (exact) mass is 246 g/mol. The van der Waals surface area contributed by atoms with E-state index in [4.69, 9.17) is 4.74 Å². The first kappa shape index (κ1) is 14.0. The number of esters is 1. The van der Waals surface area contributed by atoms with E-state index in [0.717, 1.165) is 11.4 Å². The van der Waals surface area contributed by atoms with Crippen molar-refractivity contribution in [2.75, 3.05) is 0 Å². The molecular formula is C14H18N2O2. The van der Waals surface area contributed by atoms with E-state index < -0.39 is 5.97 Å². The average Bonchev–Trinajstić information content (AvgIpc) is 2.70. The van der Waals surface area contributed by atoms with E-state index in [0.29, 0.717) is 18.5 Å². The fourth-order valence-corrected chi connectivity index (χ4v) is 1.50. The predicted octanol–water partition coefficient (Wildman–Crippen LogP) is 2.42. The second-order valence-electron chi connectivity index (χ2n) is 3.93. The van der Waals surface area contributed by atoms with Gasteiger partial charge in [0.1, 0.15) is 6.61 Å². The Morgan fingerprint density at radius 1 is 1.50 bits per heavy atom. The summed E-state index contributed by atoms with van der Waals surface area (Å²) in [5.41, 5.74) is 2.11. The molecule has 4 nitrogen and oxygen atoms in total. The highest BCUT2D eigenvalue weighted by atomic mass is 16.5. The van der Waals surface area contributed by atoms with Gasteiger partial charge < -0.3 is 9.30 Å². The summed E-state index contributed by atoms with van der Waals surface area (Å²) >= 11 is 0. The number of rotatable bonds is 7. The minimum atomic E-state index is -0.405. The molecule has 0 saturated heterocycles. The number of allylic oxidation sites excluding steroid dienone is 2. The van der Waals surface area contributed by atoms with Gasteiger partial charge in [0.15, 0.2) is 0 Å². The number of carbonyl (C=O) groups is 1. The molecule has 1 aromatic heterocycles. The van der Waals surface area contributed by atoms with Crippen molar-refractivity contribution < 1.29 is 9.53 Å². The van der Waals surface area contributed by atoms with Gasteiger partial charge in [0.05, 0.1) is 12.0 Å². The van der Waals surface area contributed by atoms with E-state index in [1.165, 1.54) is 0 Å². The number of hydrogen-bond acceptors (Lipinski definition) is 3. The summed E-state index contributed by atoms with van der Waals surface area (Å²) in [4.78, 5) is 15.6. The van der Waals surface area contributed by atoms with Gasteiger partial charge in [0.2, 0.25) is 0 Å². The smallest absolute Gasteiger partial charge is 0.333 e. The molecule has 0 fully saturated rings. The van der Waals surface area contributed by atoms with Crippen LogP contribution in [0.2, 0.25) is 0 Å². The third-order valence-corrected chi connectivity index (χ3v) is 2.38. The van der Waals surface area contributed by atoms with E-state index in [-0.39, 0.29) is 6.61 Å². The molecule has 0 saturated carbocycles. The molecule has 0 atom stereocenters. The lowest BCUT2D eigenvalue weighted by molar-refractivity contribution is -0.140. The summed E-state index contributed by atoms with van der Waals surface area (Å²) in [7, 11) is 0. The van der Waals surface area contributed by atoms with Crippen LogP contribution in [0, 0.1) is 0 Å². The van der Waals surface area contributed by atoms with E-state index in [2.05, 4.69) is 24.7 Å². The molecule has 0 aliphatic rings. The highest BCUT2D eigenvalue weighted by Gasteiger charge is 2.11. The Morgan fingerprint density at radius 2 is 2.22 bits per heavy atom. The number of ether oxygens (including phenoxy) is 1. The maximum atomic E-state index is 11.3. The summed E-state index contributed by atoms with van der Waals surface area (Å²) in [6.45, 7) is 13.4. The second-order valence-corrected chi connectivity index (χ2v) is 3.93. The van der Waals surface area contributed by atoms with Gasteiger partial charge in [0, 0.05) is 24.2 Å². The molecule has 0 aliphatic heterocycles. The third-order valence-electron chi connectivity index (χ3n) is 2.38. The van der Waals surface area contributed by atoms with Gasteiger partial charge >= 0.3 is 5.97 Å². The predicted molar refractivity (Wildman–Crippen MR) is 70.9 cm³/mol. The number of nitrogens with zero attached hydrogens (tertiary/aromatic N) is 2. The Balaban J connectivity index is 2.81. The van der Waals surface area contributed by atoms with Crippen LogP contribution in [-0.4, -0.2) is 15.5 Å². The molecule has 0 N–H and O–H groups in total. The highest BCUT2D eigenvalue weighted by Crippen LogP contribution is 2.11. The highest BCUT2D eigenvalue weighted by molar-refractivity contribution is 5.86. The molecule has 1 aromatic rings. The number of carbonyl (C=O) groups excluding carboxylic acids is 1. The van der Waals surface area contributed by atoms with Gasteiger partial charge in [-0.2, -0.15) is 0 Å². The van der Waals surface area contributed by atoms with E-state index in [1.807, 2.05) is 4.57 Å². The van der Waals surface area contributed by atoms with Gasteiger partial charge in [-0.3, -0.25) is 0 Å². The Bertz CT molecular complexity index is 472. The molecule has 0 radical (unpaired) electrons. The molecule has 0 spiro atoms. The fourth-order valence-electron chi connectivity index (χ4n) is 1.50. The third kappa shape index (κ3) is 3.45. The van der Waals surface area contributed by atoms with Crippen LogP contribution in [-0.2, 0) is 29.1 Å². The van der Waals surface area contributed by atoms with Crippen molar-refractivity contribution in [2.24, 2.45) is 0 Å². The van der Waals surface area contributed by atoms with E-state index >= 15 is 0 Å². The molecule has 1 rings (SSSR count).